The number of rotatable bonds is 3. The first-order chi connectivity index (χ1) is 7.51. The molecular weight excluding hydrogens is 210 g/mol. The van der Waals surface area contributed by atoms with Gasteiger partial charge in [0.1, 0.15) is 0 Å². The lowest BCUT2D eigenvalue weighted by molar-refractivity contribution is 0.243. The van der Waals surface area contributed by atoms with Crippen LogP contribution in [0.1, 0.15) is 13.8 Å². The lowest BCUT2D eigenvalue weighted by Gasteiger charge is -2.03. The van der Waals surface area contributed by atoms with Gasteiger partial charge in [0.25, 0.3) is 0 Å². The Balaban J connectivity index is -0.0000000635. The Morgan fingerprint density at radius 2 is 1.19 bits per heavy atom. The zero-order valence-corrected chi connectivity index (χ0v) is 11.2. The molecule has 0 aromatic carbocycles. The molecule has 6 heteroatoms. The van der Waals surface area contributed by atoms with Gasteiger partial charge in [-0.05, 0) is 27.6 Å². The maximum atomic E-state index is 8.20. The van der Waals surface area contributed by atoms with E-state index in [1.165, 1.54) is 0 Å². The second-order valence-corrected chi connectivity index (χ2v) is 2.76. The third kappa shape index (κ3) is 158. The minimum Gasteiger partial charge on any atom is -0.397 e. The van der Waals surface area contributed by atoms with Crippen LogP contribution >= 0.6 is 0 Å². The number of nitrogens with zero attached hydrogens (tertiary/aromatic N) is 1. The van der Waals surface area contributed by atoms with Gasteiger partial charge in [0.15, 0.2) is 0 Å². The topological polar surface area (TPSA) is 116 Å². The van der Waals surface area contributed by atoms with Gasteiger partial charge in [0.2, 0.25) is 0 Å². The number of aliphatic hydroxyl groups is 3. The Bertz CT molecular complexity index is 72.3. The minimum absolute atomic E-state index is 0.0972. The summed E-state index contributed by atoms with van der Waals surface area (Å²) >= 11 is 0. The molecule has 7 N–H and O–H groups in total. The summed E-state index contributed by atoms with van der Waals surface area (Å²) in [6.45, 7) is 6.08. The highest BCUT2D eigenvalue weighted by Crippen LogP contribution is 1.66. The van der Waals surface area contributed by atoms with Gasteiger partial charge in [-0.1, -0.05) is 6.92 Å². The summed E-state index contributed by atoms with van der Waals surface area (Å²) in [5.74, 6) is 0. The highest BCUT2D eigenvalue weighted by Gasteiger charge is 1.80. The van der Waals surface area contributed by atoms with Crippen LogP contribution in [0.25, 0.3) is 0 Å². The molecule has 0 saturated carbocycles. The first-order valence-corrected chi connectivity index (χ1v) is 5.39. The third-order valence-electron chi connectivity index (χ3n) is 0.676. The molecular formula is C10H31N3O3. The van der Waals surface area contributed by atoms with Crippen molar-refractivity contribution in [2.45, 2.75) is 13.8 Å². The van der Waals surface area contributed by atoms with Gasteiger partial charge in [0.05, 0.1) is 13.2 Å². The molecule has 0 aromatic heterocycles. The van der Waals surface area contributed by atoms with Crippen molar-refractivity contribution >= 4 is 0 Å². The molecule has 0 aliphatic carbocycles. The Kier molecular flexibility index (Phi) is 56.5. The van der Waals surface area contributed by atoms with Crippen molar-refractivity contribution in [2.24, 2.45) is 11.5 Å². The van der Waals surface area contributed by atoms with E-state index in [1.807, 2.05) is 25.9 Å². The van der Waals surface area contributed by atoms with Crippen molar-refractivity contribution in [3.8, 4) is 0 Å². The van der Waals surface area contributed by atoms with E-state index in [-0.39, 0.29) is 19.8 Å². The summed E-state index contributed by atoms with van der Waals surface area (Å²) in [4.78, 5) is 1.93. The monoisotopic (exact) mass is 241 g/mol. The van der Waals surface area contributed by atoms with Gasteiger partial charge >= 0.3 is 0 Å². The molecule has 0 rings (SSSR count). The molecule has 0 spiro atoms. The van der Waals surface area contributed by atoms with Crippen LogP contribution in [0.2, 0.25) is 0 Å². The average Bonchev–Trinajstić information content (AvgIpc) is 2.20. The highest BCUT2D eigenvalue weighted by atomic mass is 16.3. The minimum atomic E-state index is 0.0972. The lowest BCUT2D eigenvalue weighted by Crippen LogP contribution is -2.15. The number of hydrogen-bond donors (Lipinski definition) is 5. The maximum absolute atomic E-state index is 8.20. The molecule has 0 heterocycles. The number of aliphatic hydroxyl groups excluding tert-OH is 3. The average molecular weight is 241 g/mol. The van der Waals surface area contributed by atoms with Crippen LogP contribution < -0.4 is 11.5 Å². The Hall–Kier alpha value is -0.240. The van der Waals surface area contributed by atoms with E-state index in [1.54, 1.807) is 6.92 Å². The molecule has 0 unspecified atom stereocenters. The van der Waals surface area contributed by atoms with Gasteiger partial charge < -0.3 is 31.7 Å². The van der Waals surface area contributed by atoms with E-state index in [2.05, 4.69) is 0 Å². The Labute approximate surface area is 99.9 Å². The normalized spacial score (nSPS) is 7.88. The molecule has 104 valence electrons. The van der Waals surface area contributed by atoms with Crippen LogP contribution in [0.15, 0.2) is 0 Å². The molecule has 16 heavy (non-hydrogen) atoms. The van der Waals surface area contributed by atoms with Gasteiger partial charge in [-0.2, -0.15) is 0 Å². The summed E-state index contributed by atoms with van der Waals surface area (Å²) in [6, 6.07) is 0. The fourth-order valence-electron chi connectivity index (χ4n) is 0.200. The zero-order chi connectivity index (χ0) is 13.8. The summed E-state index contributed by atoms with van der Waals surface area (Å²) in [5.41, 5.74) is 9.62. The van der Waals surface area contributed by atoms with E-state index in [9.17, 15) is 0 Å². The van der Waals surface area contributed by atoms with Crippen LogP contribution in [0, 0.1) is 0 Å². The van der Waals surface area contributed by atoms with Gasteiger partial charge in [-0.3, -0.25) is 0 Å². The Morgan fingerprint density at radius 1 is 0.938 bits per heavy atom. The van der Waals surface area contributed by atoms with Crippen LogP contribution in [0.5, 0.6) is 0 Å². The van der Waals surface area contributed by atoms with E-state index in [0.717, 1.165) is 13.1 Å². The third-order valence-corrected chi connectivity index (χ3v) is 0.676. The fourth-order valence-corrected chi connectivity index (χ4v) is 0.200. The lowest BCUT2D eigenvalue weighted by atomic mass is 10.6. The summed E-state index contributed by atoms with van der Waals surface area (Å²) in [5, 5.41) is 23.5. The van der Waals surface area contributed by atoms with Gasteiger partial charge in [-0.15, -0.1) is 0 Å². The quantitative estimate of drug-likeness (QED) is 0.408. The molecule has 0 aromatic rings. The second-order valence-electron chi connectivity index (χ2n) is 2.76. The van der Waals surface area contributed by atoms with Crippen LogP contribution in [0.3, 0.4) is 0 Å². The van der Waals surface area contributed by atoms with Crippen molar-refractivity contribution in [1.29, 1.82) is 0 Å². The smallest absolute Gasteiger partial charge is 0.0558 e. The van der Waals surface area contributed by atoms with E-state index in [0.29, 0.717) is 6.54 Å². The Morgan fingerprint density at radius 3 is 1.19 bits per heavy atom. The maximum Gasteiger partial charge on any atom is 0.0558 e. The molecule has 0 aliphatic rings. The molecule has 6 nitrogen and oxygen atoms in total. The molecule has 0 saturated heterocycles. The molecule has 0 amide bonds. The molecule has 0 aliphatic heterocycles. The zero-order valence-electron chi connectivity index (χ0n) is 11.2. The standard InChI is InChI=1S/C4H11NO.C2H7NO.C2H7N.C2H6O/c1-5(2)3-4-6;3-1-2-4;2*1-2-3/h6H,3-4H2,1-2H3;4H,1-3H2;2-3H2,1H3;3H,2H2,1H3. The second kappa shape index (κ2) is 36.4. The van der Waals surface area contributed by atoms with Crippen LogP contribution in [-0.4, -0.2) is 73.8 Å². The van der Waals surface area contributed by atoms with Crippen molar-refractivity contribution in [3.63, 3.8) is 0 Å². The molecule has 0 atom stereocenters. The summed E-state index contributed by atoms with van der Waals surface area (Å²) < 4.78 is 0. The molecule has 0 bridgehead atoms. The van der Waals surface area contributed by atoms with E-state index in [4.69, 9.17) is 26.8 Å². The van der Waals surface area contributed by atoms with Crippen molar-refractivity contribution < 1.29 is 15.3 Å². The predicted octanol–water partition coefficient (Wildman–Crippen LogP) is -1.56. The summed E-state index contributed by atoms with van der Waals surface area (Å²) in [7, 11) is 3.85. The molecule has 0 fully saturated rings. The summed E-state index contributed by atoms with van der Waals surface area (Å²) in [6.07, 6.45) is 0. The van der Waals surface area contributed by atoms with Crippen molar-refractivity contribution in [1.82, 2.24) is 4.90 Å². The fraction of sp³-hybridized carbons (Fsp3) is 1.00. The van der Waals surface area contributed by atoms with Crippen LogP contribution in [-0.2, 0) is 0 Å². The number of hydrogen-bond acceptors (Lipinski definition) is 6. The predicted molar refractivity (Wildman–Crippen MR) is 69.3 cm³/mol. The highest BCUT2D eigenvalue weighted by molar-refractivity contribution is 4.34. The number of likely N-dealkylation sites (N-methyl/N-ethyl adjacent to an activating group) is 1. The van der Waals surface area contributed by atoms with Crippen molar-refractivity contribution in [3.05, 3.63) is 0 Å². The van der Waals surface area contributed by atoms with Crippen molar-refractivity contribution in [2.75, 3.05) is 53.6 Å². The number of nitrogens with two attached hydrogens (primary N) is 2. The van der Waals surface area contributed by atoms with E-state index >= 15 is 0 Å². The first-order valence-electron chi connectivity index (χ1n) is 5.39. The van der Waals surface area contributed by atoms with Crippen LogP contribution in [0.4, 0.5) is 0 Å². The van der Waals surface area contributed by atoms with Gasteiger partial charge in [0, 0.05) is 19.7 Å². The van der Waals surface area contributed by atoms with E-state index < -0.39 is 0 Å². The SMILES string of the molecule is CCN.CCO.CN(C)CCO.NCCO. The molecule has 0 radical (unpaired) electrons. The first kappa shape index (κ1) is 24.8. The largest absolute Gasteiger partial charge is 0.397 e. The van der Waals surface area contributed by atoms with Gasteiger partial charge in [-0.25, -0.2) is 0 Å².